The summed E-state index contributed by atoms with van der Waals surface area (Å²) in [5.41, 5.74) is 2.59. The van der Waals surface area contributed by atoms with Crippen molar-refractivity contribution >= 4 is 0 Å². The van der Waals surface area contributed by atoms with E-state index in [1.54, 1.807) is 0 Å². The maximum atomic E-state index is 11.1. The van der Waals surface area contributed by atoms with Crippen molar-refractivity contribution in [1.29, 1.82) is 0 Å². The summed E-state index contributed by atoms with van der Waals surface area (Å²) in [7, 11) is 0. The molecular formula is C21H28N2O2. The lowest BCUT2D eigenvalue weighted by Crippen LogP contribution is -2.31. The molecule has 134 valence electrons. The number of hydrogen-bond acceptors (Lipinski definition) is 4. The van der Waals surface area contributed by atoms with Gasteiger partial charge in [0.1, 0.15) is 5.60 Å². The van der Waals surface area contributed by atoms with Crippen LogP contribution in [0.25, 0.3) is 0 Å². The number of likely N-dealkylation sites (tertiary alicyclic amines) is 1. The first kappa shape index (κ1) is 16.8. The van der Waals surface area contributed by atoms with E-state index in [9.17, 15) is 5.11 Å². The van der Waals surface area contributed by atoms with E-state index in [1.165, 1.54) is 32.1 Å². The van der Waals surface area contributed by atoms with Crippen LogP contribution in [-0.2, 0) is 12.1 Å². The molecule has 0 amide bonds. The van der Waals surface area contributed by atoms with Gasteiger partial charge in [0.05, 0.1) is 12.2 Å². The van der Waals surface area contributed by atoms with Crippen LogP contribution in [0, 0.1) is 6.92 Å². The summed E-state index contributed by atoms with van der Waals surface area (Å²) >= 11 is 0. The van der Waals surface area contributed by atoms with Crippen LogP contribution >= 0.6 is 0 Å². The minimum absolute atomic E-state index is 0.578. The smallest absolute Gasteiger partial charge is 0.150 e. The van der Waals surface area contributed by atoms with Crippen molar-refractivity contribution in [2.75, 3.05) is 13.1 Å². The summed E-state index contributed by atoms with van der Waals surface area (Å²) in [6.45, 7) is 4.33. The summed E-state index contributed by atoms with van der Waals surface area (Å²) in [6.07, 6.45) is 7.21. The molecule has 4 heteroatoms. The normalized spacial score (nSPS) is 25.5. The molecule has 1 saturated heterocycles. The molecule has 2 fully saturated rings. The molecule has 1 aliphatic carbocycles. The Kier molecular flexibility index (Phi) is 4.65. The van der Waals surface area contributed by atoms with Gasteiger partial charge in [-0.3, -0.25) is 4.90 Å². The van der Waals surface area contributed by atoms with Gasteiger partial charge in [0, 0.05) is 25.1 Å². The largest absolute Gasteiger partial charge is 0.384 e. The van der Waals surface area contributed by atoms with Gasteiger partial charge in [-0.05, 0) is 37.3 Å². The first-order valence-corrected chi connectivity index (χ1v) is 9.60. The summed E-state index contributed by atoms with van der Waals surface area (Å²) in [5, 5.41) is 15.4. The summed E-state index contributed by atoms with van der Waals surface area (Å²) in [6, 6.07) is 10.3. The Bertz CT molecular complexity index is 720. The van der Waals surface area contributed by atoms with E-state index in [-0.39, 0.29) is 0 Å². The molecule has 2 heterocycles. The molecule has 1 aliphatic heterocycles. The van der Waals surface area contributed by atoms with Gasteiger partial charge in [-0.1, -0.05) is 48.7 Å². The van der Waals surface area contributed by atoms with E-state index >= 15 is 0 Å². The van der Waals surface area contributed by atoms with Crippen molar-refractivity contribution in [3.05, 3.63) is 52.9 Å². The number of hydrogen-bond donors (Lipinski definition) is 1. The highest BCUT2D eigenvalue weighted by molar-refractivity contribution is 5.32. The van der Waals surface area contributed by atoms with E-state index in [0.717, 1.165) is 42.1 Å². The van der Waals surface area contributed by atoms with Crippen molar-refractivity contribution in [2.24, 2.45) is 0 Å². The molecule has 2 aliphatic rings. The molecule has 4 rings (SSSR count). The van der Waals surface area contributed by atoms with Gasteiger partial charge in [-0.2, -0.15) is 0 Å². The monoisotopic (exact) mass is 340 g/mol. The van der Waals surface area contributed by atoms with Crippen LogP contribution in [-0.4, -0.2) is 28.3 Å². The molecule has 1 atom stereocenters. The van der Waals surface area contributed by atoms with Crippen molar-refractivity contribution in [1.82, 2.24) is 10.1 Å². The number of rotatable bonds is 4. The third kappa shape index (κ3) is 3.51. The molecule has 4 nitrogen and oxygen atoms in total. The van der Waals surface area contributed by atoms with Crippen LogP contribution in [0.2, 0.25) is 0 Å². The summed E-state index contributed by atoms with van der Waals surface area (Å²) < 4.78 is 5.60. The van der Waals surface area contributed by atoms with E-state index in [1.807, 2.05) is 12.1 Å². The minimum atomic E-state index is -0.752. The van der Waals surface area contributed by atoms with Gasteiger partial charge >= 0.3 is 0 Å². The lowest BCUT2D eigenvalue weighted by molar-refractivity contribution is 0.0437. The Balaban J connectivity index is 1.41. The molecule has 1 unspecified atom stereocenters. The molecule has 1 saturated carbocycles. The topological polar surface area (TPSA) is 49.5 Å². The zero-order valence-corrected chi connectivity index (χ0v) is 15.1. The average molecular weight is 340 g/mol. The molecule has 0 spiro atoms. The fraction of sp³-hybridized carbons (Fsp3) is 0.571. The SMILES string of the molecule is Cc1ccccc1C1(O)CCN(Cc2cc(C3CCCCC3)no2)C1. The first-order valence-electron chi connectivity index (χ1n) is 9.60. The van der Waals surface area contributed by atoms with Gasteiger partial charge in [0.25, 0.3) is 0 Å². The Morgan fingerprint density at radius 3 is 2.84 bits per heavy atom. The maximum absolute atomic E-state index is 11.1. The molecular weight excluding hydrogens is 312 g/mol. The predicted octanol–water partition coefficient (Wildman–Crippen LogP) is 4.12. The predicted molar refractivity (Wildman–Crippen MR) is 97.3 cm³/mol. The van der Waals surface area contributed by atoms with E-state index in [0.29, 0.717) is 12.5 Å². The third-order valence-electron chi connectivity index (χ3n) is 5.95. The lowest BCUT2D eigenvalue weighted by atomic mass is 9.87. The zero-order valence-electron chi connectivity index (χ0n) is 15.1. The second-order valence-corrected chi connectivity index (χ2v) is 7.86. The fourth-order valence-electron chi connectivity index (χ4n) is 4.54. The van der Waals surface area contributed by atoms with Crippen LogP contribution in [0.1, 0.15) is 67.0 Å². The summed E-state index contributed by atoms with van der Waals surface area (Å²) in [4.78, 5) is 2.28. The molecule has 1 aromatic carbocycles. The van der Waals surface area contributed by atoms with Crippen molar-refractivity contribution in [2.45, 2.75) is 63.5 Å². The van der Waals surface area contributed by atoms with E-state index < -0.39 is 5.60 Å². The van der Waals surface area contributed by atoms with Gasteiger partial charge < -0.3 is 9.63 Å². The van der Waals surface area contributed by atoms with Crippen LogP contribution < -0.4 is 0 Å². The van der Waals surface area contributed by atoms with Crippen LogP contribution in [0.4, 0.5) is 0 Å². The Hall–Kier alpha value is -1.65. The highest BCUT2D eigenvalue weighted by Crippen LogP contribution is 2.35. The Morgan fingerprint density at radius 2 is 2.04 bits per heavy atom. The molecule has 25 heavy (non-hydrogen) atoms. The molecule has 2 aromatic rings. The van der Waals surface area contributed by atoms with Crippen molar-refractivity contribution < 1.29 is 9.63 Å². The first-order chi connectivity index (χ1) is 12.1. The second kappa shape index (κ2) is 6.93. The van der Waals surface area contributed by atoms with Gasteiger partial charge in [0.15, 0.2) is 5.76 Å². The van der Waals surface area contributed by atoms with Gasteiger partial charge in [-0.25, -0.2) is 0 Å². The molecule has 0 radical (unpaired) electrons. The van der Waals surface area contributed by atoms with Gasteiger partial charge in [-0.15, -0.1) is 0 Å². The lowest BCUT2D eigenvalue weighted by Gasteiger charge is -2.25. The number of benzene rings is 1. The number of β-amino-alcohol motifs (C(OH)–C–C–N with tert-alkyl or cyclic N) is 1. The quantitative estimate of drug-likeness (QED) is 0.909. The number of aromatic nitrogens is 1. The standard InChI is InChI=1S/C21H28N2O2/c1-16-7-5-6-10-19(16)21(24)11-12-23(15-21)14-18-13-20(22-25-18)17-8-3-2-4-9-17/h5-7,10,13,17,24H,2-4,8-9,11-12,14-15H2,1H3. The third-order valence-corrected chi connectivity index (χ3v) is 5.95. The minimum Gasteiger partial charge on any atom is -0.384 e. The average Bonchev–Trinajstić information content (AvgIpc) is 3.24. The molecule has 1 aromatic heterocycles. The second-order valence-electron chi connectivity index (χ2n) is 7.86. The van der Waals surface area contributed by atoms with Crippen LogP contribution in [0.15, 0.2) is 34.9 Å². The number of aliphatic hydroxyl groups is 1. The maximum Gasteiger partial charge on any atom is 0.150 e. The number of nitrogens with zero attached hydrogens (tertiary/aromatic N) is 2. The highest BCUT2D eigenvalue weighted by atomic mass is 16.5. The highest BCUT2D eigenvalue weighted by Gasteiger charge is 2.38. The number of aryl methyl sites for hydroxylation is 1. The Labute approximate surface area is 149 Å². The molecule has 0 bridgehead atoms. The Morgan fingerprint density at radius 1 is 1.24 bits per heavy atom. The van der Waals surface area contributed by atoms with E-state index in [2.05, 4.69) is 35.2 Å². The van der Waals surface area contributed by atoms with Gasteiger partial charge in [0.2, 0.25) is 0 Å². The van der Waals surface area contributed by atoms with Crippen molar-refractivity contribution in [3.63, 3.8) is 0 Å². The molecule has 1 N–H and O–H groups in total. The van der Waals surface area contributed by atoms with E-state index in [4.69, 9.17) is 4.52 Å². The van der Waals surface area contributed by atoms with Crippen molar-refractivity contribution in [3.8, 4) is 0 Å². The zero-order chi connectivity index (χ0) is 17.3. The van der Waals surface area contributed by atoms with Crippen LogP contribution in [0.3, 0.4) is 0 Å². The summed E-state index contributed by atoms with van der Waals surface area (Å²) in [5.74, 6) is 1.50. The van der Waals surface area contributed by atoms with Crippen LogP contribution in [0.5, 0.6) is 0 Å². The fourth-order valence-corrected chi connectivity index (χ4v) is 4.54.